The number of phenolic OH excluding ortho intramolecular Hbond substituents is 1. The minimum absolute atomic E-state index is 0.00724. The predicted molar refractivity (Wildman–Crippen MR) is 208 cm³/mol. The van der Waals surface area contributed by atoms with Crippen LogP contribution in [0.15, 0.2) is 29.3 Å². The van der Waals surface area contributed by atoms with E-state index >= 15 is 0 Å². The van der Waals surface area contributed by atoms with Crippen molar-refractivity contribution in [2.24, 2.45) is 28.3 Å². The zero-order valence-electron chi connectivity index (χ0n) is 33.6. The Bertz CT molecular complexity index is 1630. The van der Waals surface area contributed by atoms with Gasteiger partial charge in [-0.05, 0) is 74.5 Å². The number of hydrogen-bond donors (Lipinski definition) is 10. The molecular formula is C39H60N6O14. The summed E-state index contributed by atoms with van der Waals surface area (Å²) >= 11 is 0. The van der Waals surface area contributed by atoms with E-state index < -0.39 is 103 Å². The summed E-state index contributed by atoms with van der Waals surface area (Å²) in [6.07, 6.45) is -11.8. The highest BCUT2D eigenvalue weighted by Gasteiger charge is 2.55. The largest absolute Gasteiger partial charge is 0.508 e. The molecule has 4 rings (SSSR count). The zero-order chi connectivity index (χ0) is 43.6. The van der Waals surface area contributed by atoms with Crippen LogP contribution in [0.1, 0.15) is 77.7 Å². The average Bonchev–Trinajstić information content (AvgIpc) is 3.54. The number of aliphatic hydroxyl groups is 4. The molecule has 1 aromatic carbocycles. The number of esters is 1. The maximum Gasteiger partial charge on any atom is 0.335 e. The number of nitrogens with two attached hydrogens (primary N) is 2. The Balaban J connectivity index is 1.65. The predicted octanol–water partition coefficient (Wildman–Crippen LogP) is -1.63. The van der Waals surface area contributed by atoms with Crippen LogP contribution < -0.4 is 22.1 Å². The van der Waals surface area contributed by atoms with Gasteiger partial charge in [0, 0.05) is 32.0 Å². The number of phenols is 1. The molecule has 2 heterocycles. The molecule has 59 heavy (non-hydrogen) atoms. The summed E-state index contributed by atoms with van der Waals surface area (Å²) in [7, 11) is 0. The molecule has 3 fully saturated rings. The normalized spacial score (nSPS) is 28.8. The SMILES string of the molecule is CCCC(=O)OC1CC2CC(C(=O)NCCCCN=C(N)N)N(C(=O)C(CC(C)C)NC(=O)C(O)Cc3ccc(O)cc3)C2CC1OC1OC(C(=O)O)C(O)C(O)C1O. The summed E-state index contributed by atoms with van der Waals surface area (Å²) in [6, 6.07) is 2.86. The Morgan fingerprint density at radius 1 is 0.983 bits per heavy atom. The van der Waals surface area contributed by atoms with Crippen LogP contribution in [0.25, 0.3) is 0 Å². The molecule has 12 atom stereocenters. The van der Waals surface area contributed by atoms with Crippen molar-refractivity contribution < 1.29 is 68.8 Å². The van der Waals surface area contributed by atoms with E-state index in [9.17, 15) is 54.6 Å². The smallest absolute Gasteiger partial charge is 0.335 e. The molecule has 0 bridgehead atoms. The minimum atomic E-state index is -1.99. The van der Waals surface area contributed by atoms with Gasteiger partial charge in [-0.3, -0.25) is 24.2 Å². The Hall–Kier alpha value is -4.60. The number of carbonyl (C=O) groups excluding carboxylic acids is 4. The Kier molecular flexibility index (Phi) is 17.2. The summed E-state index contributed by atoms with van der Waals surface area (Å²) in [5, 5.41) is 67.3. The number of nitrogens with one attached hydrogen (secondary N) is 2. The van der Waals surface area contributed by atoms with Gasteiger partial charge in [0.05, 0.1) is 6.10 Å². The second-order valence-corrected chi connectivity index (χ2v) is 15.9. The van der Waals surface area contributed by atoms with Crippen molar-refractivity contribution >= 4 is 35.6 Å². The van der Waals surface area contributed by atoms with Gasteiger partial charge in [-0.15, -0.1) is 0 Å². The van der Waals surface area contributed by atoms with E-state index in [4.69, 9.17) is 25.7 Å². The van der Waals surface area contributed by atoms with Crippen molar-refractivity contribution in [1.82, 2.24) is 15.5 Å². The first-order valence-corrected chi connectivity index (χ1v) is 20.1. The van der Waals surface area contributed by atoms with Crippen molar-refractivity contribution in [3.05, 3.63) is 29.8 Å². The number of aromatic hydroxyl groups is 1. The minimum Gasteiger partial charge on any atom is -0.508 e. The van der Waals surface area contributed by atoms with E-state index in [1.165, 1.54) is 17.0 Å². The fourth-order valence-corrected chi connectivity index (χ4v) is 7.86. The first-order chi connectivity index (χ1) is 27.9. The molecule has 1 aliphatic carbocycles. The van der Waals surface area contributed by atoms with Gasteiger partial charge in [-0.25, -0.2) is 4.79 Å². The number of aliphatic imine (C=N–C) groups is 1. The molecule has 20 nitrogen and oxygen atoms in total. The molecule has 2 saturated heterocycles. The van der Waals surface area contributed by atoms with Gasteiger partial charge < -0.3 is 71.9 Å². The molecule has 0 radical (unpaired) electrons. The van der Waals surface area contributed by atoms with Gasteiger partial charge in [0.1, 0.15) is 48.4 Å². The highest BCUT2D eigenvalue weighted by molar-refractivity contribution is 5.93. The summed E-state index contributed by atoms with van der Waals surface area (Å²) in [4.78, 5) is 72.3. The summed E-state index contributed by atoms with van der Waals surface area (Å²) < 4.78 is 17.3. The van der Waals surface area contributed by atoms with E-state index in [1.807, 2.05) is 13.8 Å². The number of aliphatic hydroxyl groups excluding tert-OH is 4. The number of amides is 3. The summed E-state index contributed by atoms with van der Waals surface area (Å²) in [5.74, 6) is -4.79. The molecule has 1 aromatic rings. The third-order valence-corrected chi connectivity index (χ3v) is 10.8. The van der Waals surface area contributed by atoms with Crippen molar-refractivity contribution in [3.8, 4) is 5.75 Å². The first kappa shape index (κ1) is 47.1. The number of hydrogen-bond acceptors (Lipinski definition) is 14. The fourth-order valence-electron chi connectivity index (χ4n) is 7.86. The third-order valence-electron chi connectivity index (χ3n) is 10.8. The maximum absolute atomic E-state index is 14.8. The Morgan fingerprint density at radius 2 is 1.68 bits per heavy atom. The van der Waals surface area contributed by atoms with Gasteiger partial charge in [0.25, 0.3) is 0 Å². The third kappa shape index (κ3) is 12.7. The number of benzene rings is 1. The van der Waals surface area contributed by atoms with Gasteiger partial charge in [-0.2, -0.15) is 0 Å². The first-order valence-electron chi connectivity index (χ1n) is 20.1. The highest BCUT2D eigenvalue weighted by atomic mass is 16.7. The number of nitrogens with zero attached hydrogens (tertiary/aromatic N) is 2. The number of carboxylic acids is 1. The lowest BCUT2D eigenvalue weighted by atomic mass is 9.80. The van der Waals surface area contributed by atoms with Gasteiger partial charge in [-0.1, -0.05) is 32.9 Å². The van der Waals surface area contributed by atoms with Gasteiger partial charge in [0.2, 0.25) is 17.7 Å². The van der Waals surface area contributed by atoms with E-state index in [-0.39, 0.29) is 62.7 Å². The molecule has 0 spiro atoms. The van der Waals surface area contributed by atoms with Crippen LogP contribution in [0.2, 0.25) is 0 Å². The zero-order valence-corrected chi connectivity index (χ0v) is 33.6. The number of carbonyl (C=O) groups is 5. The summed E-state index contributed by atoms with van der Waals surface area (Å²) in [6.45, 7) is 6.02. The van der Waals surface area contributed by atoms with E-state index in [1.54, 1.807) is 19.1 Å². The number of carboxylic acid groups (broad SMARTS) is 1. The number of aliphatic carboxylic acids is 1. The maximum atomic E-state index is 14.8. The lowest BCUT2D eigenvalue weighted by Gasteiger charge is -2.45. The van der Waals surface area contributed by atoms with Crippen LogP contribution in [0.5, 0.6) is 5.75 Å². The second-order valence-electron chi connectivity index (χ2n) is 15.9. The van der Waals surface area contributed by atoms with Crippen molar-refractivity contribution in [2.75, 3.05) is 13.1 Å². The van der Waals surface area contributed by atoms with E-state index in [2.05, 4.69) is 15.6 Å². The molecule has 12 N–H and O–H groups in total. The second kappa shape index (κ2) is 21.6. The molecular weight excluding hydrogens is 776 g/mol. The number of likely N-dealkylation sites (tertiary alicyclic amines) is 1. The molecule has 1 saturated carbocycles. The molecule has 3 aliphatic rings. The number of ether oxygens (including phenoxy) is 3. The van der Waals surface area contributed by atoms with Crippen molar-refractivity contribution in [1.29, 1.82) is 0 Å². The van der Waals surface area contributed by atoms with Gasteiger partial charge in [0.15, 0.2) is 18.4 Å². The van der Waals surface area contributed by atoms with Crippen LogP contribution in [0, 0.1) is 11.8 Å². The monoisotopic (exact) mass is 836 g/mol. The fraction of sp³-hybridized carbons (Fsp3) is 0.692. The highest BCUT2D eigenvalue weighted by Crippen LogP contribution is 2.43. The lowest BCUT2D eigenvalue weighted by Crippen LogP contribution is -2.62. The van der Waals surface area contributed by atoms with Crippen molar-refractivity contribution in [2.45, 2.75) is 146 Å². The van der Waals surface area contributed by atoms with Crippen LogP contribution in [-0.2, 0) is 44.6 Å². The molecule has 20 heteroatoms. The Morgan fingerprint density at radius 3 is 2.31 bits per heavy atom. The molecule has 330 valence electrons. The molecule has 12 unspecified atom stereocenters. The number of guanidine groups is 1. The van der Waals surface area contributed by atoms with E-state index in [0.29, 0.717) is 31.4 Å². The van der Waals surface area contributed by atoms with Gasteiger partial charge >= 0.3 is 11.9 Å². The average molecular weight is 837 g/mol. The lowest BCUT2D eigenvalue weighted by molar-refractivity contribution is -0.314. The van der Waals surface area contributed by atoms with E-state index in [0.717, 1.165) is 0 Å². The quantitative estimate of drug-likeness (QED) is 0.0324. The standard InChI is InChI=1S/C39H60N6O14/c1-4-7-29(48)57-27-17-21-16-25(34(52)42-12-5-6-13-43-39(40)41)45(24(21)18-28(27)58-38-32(51)30(49)31(50)33(59-38)37(55)56)36(54)23(14-19(2)3)44-35(53)26(47)15-20-8-10-22(46)11-9-20/h8-11,19,21,23-28,30-33,38,46-47,49-51H,4-7,12-18H2,1-3H3,(H,42,52)(H,44,53)(H,55,56)(H4,40,41,43). The number of unbranched alkanes of at least 4 members (excludes halogenated alkanes) is 1. The van der Waals surface area contributed by atoms with Crippen LogP contribution in [0.4, 0.5) is 0 Å². The summed E-state index contributed by atoms with van der Waals surface area (Å²) in [5.41, 5.74) is 11.4. The van der Waals surface area contributed by atoms with Crippen molar-refractivity contribution in [3.63, 3.8) is 0 Å². The van der Waals surface area contributed by atoms with Crippen LogP contribution >= 0.6 is 0 Å². The number of rotatable bonds is 19. The van der Waals surface area contributed by atoms with Crippen LogP contribution in [0.3, 0.4) is 0 Å². The molecule has 3 amide bonds. The number of fused-ring (bicyclic) bond motifs is 1. The topological polar surface area (TPSA) is 326 Å². The Labute approximate surface area is 342 Å². The molecule has 2 aliphatic heterocycles. The van der Waals surface area contributed by atoms with Crippen LogP contribution in [-0.4, -0.2) is 151 Å². The molecule has 0 aromatic heterocycles.